The molecule has 7 nitrogen and oxygen atoms in total. The zero-order valence-electron chi connectivity index (χ0n) is 16.6. The lowest BCUT2D eigenvalue weighted by Crippen LogP contribution is -2.56. The number of carbonyl (C=O) groups excluding carboxylic acids is 2. The molecule has 2 saturated heterocycles. The van der Waals surface area contributed by atoms with Gasteiger partial charge in [0, 0.05) is 39.8 Å². The molecule has 2 heterocycles. The van der Waals surface area contributed by atoms with Crippen molar-refractivity contribution in [3.63, 3.8) is 0 Å². The van der Waals surface area contributed by atoms with Gasteiger partial charge in [-0.15, -0.1) is 0 Å². The molecule has 0 aliphatic carbocycles. The van der Waals surface area contributed by atoms with Crippen molar-refractivity contribution in [1.29, 1.82) is 0 Å². The number of likely N-dealkylation sites (tertiary alicyclic amines) is 1. The number of methoxy groups -OCH3 is 1. The lowest BCUT2D eigenvalue weighted by molar-refractivity contribution is -0.140. The molecule has 2 aliphatic rings. The Morgan fingerprint density at radius 2 is 1.89 bits per heavy atom. The predicted molar refractivity (Wildman–Crippen MR) is 106 cm³/mol. The van der Waals surface area contributed by atoms with Gasteiger partial charge < -0.3 is 19.7 Å². The molecule has 28 heavy (non-hydrogen) atoms. The van der Waals surface area contributed by atoms with E-state index < -0.39 is 6.04 Å². The van der Waals surface area contributed by atoms with Gasteiger partial charge >= 0.3 is 0 Å². The quantitative estimate of drug-likeness (QED) is 0.673. The molecular weight excluding hydrogens is 358 g/mol. The van der Waals surface area contributed by atoms with Gasteiger partial charge in [-0.2, -0.15) is 0 Å². The van der Waals surface area contributed by atoms with Crippen molar-refractivity contribution in [3.05, 3.63) is 35.9 Å². The lowest BCUT2D eigenvalue weighted by Gasteiger charge is -2.37. The largest absolute Gasteiger partial charge is 0.382 e. The standard InChI is InChI=1S/C21H31N3O4/c1-27-13-14-28-18-7-10-23(11-8-18)20(25)15-19-21(26)22-9-12-24(19)16-17-5-3-2-4-6-17/h2-6,18-19H,7-16H2,1H3,(H,22,26). The van der Waals surface area contributed by atoms with Crippen LogP contribution in [0.5, 0.6) is 0 Å². The summed E-state index contributed by atoms with van der Waals surface area (Å²) in [6.07, 6.45) is 2.08. The van der Waals surface area contributed by atoms with Crippen molar-refractivity contribution in [2.75, 3.05) is 46.5 Å². The zero-order valence-corrected chi connectivity index (χ0v) is 16.6. The minimum atomic E-state index is -0.405. The fraction of sp³-hybridized carbons (Fsp3) is 0.619. The molecule has 154 valence electrons. The van der Waals surface area contributed by atoms with Gasteiger partial charge in [-0.05, 0) is 18.4 Å². The van der Waals surface area contributed by atoms with Crippen LogP contribution in [0.15, 0.2) is 30.3 Å². The molecule has 0 aromatic heterocycles. The molecule has 3 rings (SSSR count). The Morgan fingerprint density at radius 1 is 1.14 bits per heavy atom. The van der Waals surface area contributed by atoms with Crippen LogP contribution >= 0.6 is 0 Å². The Bertz CT molecular complexity index is 632. The number of amides is 2. The number of hydrogen-bond acceptors (Lipinski definition) is 5. The normalized spacial score (nSPS) is 21.5. The maximum Gasteiger partial charge on any atom is 0.237 e. The molecule has 1 aromatic carbocycles. The van der Waals surface area contributed by atoms with Crippen LogP contribution in [0, 0.1) is 0 Å². The third-order valence-corrected chi connectivity index (χ3v) is 5.47. The molecule has 0 bridgehead atoms. The second-order valence-electron chi connectivity index (χ2n) is 7.41. The highest BCUT2D eigenvalue weighted by Gasteiger charge is 2.33. The summed E-state index contributed by atoms with van der Waals surface area (Å²) in [7, 11) is 1.66. The Kier molecular flexibility index (Phi) is 7.82. The Hall–Kier alpha value is -1.96. The summed E-state index contributed by atoms with van der Waals surface area (Å²) in [5.41, 5.74) is 1.16. The number of nitrogens with one attached hydrogen (secondary N) is 1. The number of nitrogens with zero attached hydrogens (tertiary/aromatic N) is 2. The second kappa shape index (κ2) is 10.5. The highest BCUT2D eigenvalue weighted by Crippen LogP contribution is 2.18. The van der Waals surface area contributed by atoms with E-state index in [9.17, 15) is 9.59 Å². The van der Waals surface area contributed by atoms with Crippen LogP contribution in [0.25, 0.3) is 0 Å². The third-order valence-electron chi connectivity index (χ3n) is 5.47. The SMILES string of the molecule is COCCOC1CCN(C(=O)CC2C(=O)NCCN2Cc2ccccc2)CC1. The van der Waals surface area contributed by atoms with Crippen molar-refractivity contribution in [3.8, 4) is 0 Å². The molecule has 2 aliphatic heterocycles. The molecule has 0 saturated carbocycles. The van der Waals surface area contributed by atoms with Crippen LogP contribution in [-0.4, -0.2) is 80.3 Å². The average Bonchev–Trinajstić information content (AvgIpc) is 2.72. The van der Waals surface area contributed by atoms with Gasteiger partial charge in [0.15, 0.2) is 0 Å². The number of piperidine rings is 1. The van der Waals surface area contributed by atoms with Gasteiger partial charge in [-0.3, -0.25) is 14.5 Å². The molecule has 0 radical (unpaired) electrons. The summed E-state index contributed by atoms with van der Waals surface area (Å²) in [6, 6.07) is 9.68. The minimum absolute atomic E-state index is 0.0479. The average molecular weight is 389 g/mol. The van der Waals surface area contributed by atoms with Gasteiger partial charge in [0.25, 0.3) is 0 Å². The van der Waals surface area contributed by atoms with Crippen LogP contribution < -0.4 is 5.32 Å². The van der Waals surface area contributed by atoms with Crippen molar-refractivity contribution in [2.45, 2.75) is 38.0 Å². The van der Waals surface area contributed by atoms with E-state index in [1.54, 1.807) is 7.11 Å². The smallest absolute Gasteiger partial charge is 0.237 e. The van der Waals surface area contributed by atoms with Crippen LogP contribution in [0.4, 0.5) is 0 Å². The van der Waals surface area contributed by atoms with E-state index >= 15 is 0 Å². The first-order valence-corrected chi connectivity index (χ1v) is 10.1. The van der Waals surface area contributed by atoms with Crippen molar-refractivity contribution >= 4 is 11.8 Å². The van der Waals surface area contributed by atoms with Crippen molar-refractivity contribution in [1.82, 2.24) is 15.1 Å². The van der Waals surface area contributed by atoms with Gasteiger partial charge in [0.05, 0.1) is 31.8 Å². The Morgan fingerprint density at radius 3 is 2.61 bits per heavy atom. The van der Waals surface area contributed by atoms with E-state index in [1.807, 2.05) is 23.1 Å². The van der Waals surface area contributed by atoms with Gasteiger partial charge in [-0.25, -0.2) is 0 Å². The van der Waals surface area contributed by atoms with Crippen LogP contribution in [-0.2, 0) is 25.6 Å². The predicted octanol–water partition coefficient (Wildman–Crippen LogP) is 1.03. The molecule has 1 N–H and O–H groups in total. The molecule has 2 fully saturated rings. The molecule has 1 atom stereocenters. The van der Waals surface area contributed by atoms with Crippen LogP contribution in [0.2, 0.25) is 0 Å². The highest BCUT2D eigenvalue weighted by molar-refractivity contribution is 5.88. The number of benzene rings is 1. The van der Waals surface area contributed by atoms with Crippen LogP contribution in [0.3, 0.4) is 0 Å². The Labute approximate surface area is 167 Å². The van der Waals surface area contributed by atoms with Gasteiger partial charge in [0.2, 0.25) is 11.8 Å². The van der Waals surface area contributed by atoms with Gasteiger partial charge in [0.1, 0.15) is 0 Å². The number of ether oxygens (including phenoxy) is 2. The van der Waals surface area contributed by atoms with Crippen LogP contribution in [0.1, 0.15) is 24.8 Å². The third kappa shape index (κ3) is 5.77. The summed E-state index contributed by atoms with van der Waals surface area (Å²) >= 11 is 0. The molecule has 0 spiro atoms. The fourth-order valence-electron chi connectivity index (χ4n) is 3.86. The van der Waals surface area contributed by atoms with E-state index in [2.05, 4.69) is 22.3 Å². The minimum Gasteiger partial charge on any atom is -0.382 e. The second-order valence-corrected chi connectivity index (χ2v) is 7.41. The lowest BCUT2D eigenvalue weighted by atomic mass is 10.0. The first-order chi connectivity index (χ1) is 13.7. The van der Waals surface area contributed by atoms with Crippen molar-refractivity contribution in [2.24, 2.45) is 0 Å². The van der Waals surface area contributed by atoms with E-state index in [0.29, 0.717) is 39.4 Å². The first kappa shape index (κ1) is 20.8. The summed E-state index contributed by atoms with van der Waals surface area (Å²) in [5, 5.41) is 2.91. The molecule has 1 unspecified atom stereocenters. The summed E-state index contributed by atoms with van der Waals surface area (Å²) < 4.78 is 10.8. The maximum atomic E-state index is 12.8. The molecule has 2 amide bonds. The molecule has 7 heteroatoms. The summed E-state index contributed by atoms with van der Waals surface area (Å²) in [4.78, 5) is 29.3. The van der Waals surface area contributed by atoms with E-state index in [4.69, 9.17) is 9.47 Å². The highest BCUT2D eigenvalue weighted by atomic mass is 16.5. The van der Waals surface area contributed by atoms with Crippen molar-refractivity contribution < 1.29 is 19.1 Å². The van der Waals surface area contributed by atoms with Gasteiger partial charge in [-0.1, -0.05) is 30.3 Å². The first-order valence-electron chi connectivity index (χ1n) is 10.1. The summed E-state index contributed by atoms with van der Waals surface area (Å²) in [6.45, 7) is 4.61. The summed E-state index contributed by atoms with van der Waals surface area (Å²) in [5.74, 6) is 0.00349. The number of rotatable bonds is 8. The number of hydrogen-bond donors (Lipinski definition) is 1. The maximum absolute atomic E-state index is 12.8. The van der Waals surface area contributed by atoms with E-state index in [1.165, 1.54) is 0 Å². The molecular formula is C21H31N3O4. The number of carbonyl (C=O) groups is 2. The number of piperazine rings is 1. The Balaban J connectivity index is 1.51. The fourth-order valence-corrected chi connectivity index (χ4v) is 3.86. The van der Waals surface area contributed by atoms with E-state index in [-0.39, 0.29) is 24.3 Å². The monoisotopic (exact) mass is 389 g/mol. The van der Waals surface area contributed by atoms with E-state index in [0.717, 1.165) is 24.9 Å². The topological polar surface area (TPSA) is 71.1 Å². The molecule has 1 aromatic rings. The zero-order chi connectivity index (χ0) is 19.8.